The number of benzene rings is 1. The maximum Gasteiger partial charge on any atom is 0.225 e. The van der Waals surface area contributed by atoms with Crippen molar-refractivity contribution in [2.24, 2.45) is 5.92 Å². The van der Waals surface area contributed by atoms with Crippen molar-refractivity contribution in [3.63, 3.8) is 0 Å². The second-order valence-corrected chi connectivity index (χ2v) is 5.17. The number of carbonyl (C=O) groups excluding carboxylic acids is 2. The van der Waals surface area contributed by atoms with Gasteiger partial charge >= 0.3 is 0 Å². The lowest BCUT2D eigenvalue weighted by Crippen LogP contribution is -2.45. The molecule has 0 spiro atoms. The van der Waals surface area contributed by atoms with E-state index in [2.05, 4.69) is 11.9 Å². The Kier molecular flexibility index (Phi) is 5.09. The summed E-state index contributed by atoms with van der Waals surface area (Å²) in [5, 5.41) is 2.76. The van der Waals surface area contributed by atoms with Crippen LogP contribution < -0.4 is 5.32 Å². The number of nitrogens with zero attached hydrogens (tertiary/aromatic N) is 1. The molecule has 1 N–H and O–H groups in total. The molecule has 2 rings (SSSR count). The Morgan fingerprint density at radius 2 is 2.33 bits per heavy atom. The van der Waals surface area contributed by atoms with E-state index in [1.807, 2.05) is 0 Å². The molecule has 0 unspecified atom stereocenters. The first-order chi connectivity index (χ1) is 10.1. The fourth-order valence-corrected chi connectivity index (χ4v) is 2.45. The zero-order valence-corrected chi connectivity index (χ0v) is 11.8. The van der Waals surface area contributed by atoms with Gasteiger partial charge in [-0.15, -0.1) is 6.58 Å². The molecule has 21 heavy (non-hydrogen) atoms. The molecule has 0 aliphatic carbocycles. The highest BCUT2D eigenvalue weighted by molar-refractivity contribution is 5.83. The van der Waals surface area contributed by atoms with E-state index in [1.165, 1.54) is 12.1 Å². The predicted octanol–water partition coefficient (Wildman–Crippen LogP) is 1.87. The molecular formula is C16H19FN2O2. The van der Waals surface area contributed by atoms with Crippen molar-refractivity contribution in [1.82, 2.24) is 10.2 Å². The van der Waals surface area contributed by atoms with Crippen LogP contribution in [0.5, 0.6) is 0 Å². The van der Waals surface area contributed by atoms with Gasteiger partial charge in [0.25, 0.3) is 0 Å². The van der Waals surface area contributed by atoms with Gasteiger partial charge in [-0.2, -0.15) is 0 Å². The van der Waals surface area contributed by atoms with E-state index >= 15 is 0 Å². The van der Waals surface area contributed by atoms with Crippen molar-refractivity contribution in [3.05, 3.63) is 48.3 Å². The number of nitrogens with one attached hydrogen (secondary N) is 1. The first-order valence-electron chi connectivity index (χ1n) is 7.01. The standard InChI is InChI=1S/C16H19FN2O2/c1-2-8-18-16(21)13-6-7-15(20)19(11-13)10-12-4-3-5-14(17)9-12/h2-5,9,13H,1,6-8,10-11H2,(H,18,21)/t13-/m0/s1. The van der Waals surface area contributed by atoms with Crippen molar-refractivity contribution >= 4 is 11.8 Å². The summed E-state index contributed by atoms with van der Waals surface area (Å²) in [6, 6.07) is 6.17. The zero-order valence-electron chi connectivity index (χ0n) is 11.8. The van der Waals surface area contributed by atoms with Crippen LogP contribution in [0.3, 0.4) is 0 Å². The topological polar surface area (TPSA) is 49.4 Å². The summed E-state index contributed by atoms with van der Waals surface area (Å²) in [7, 11) is 0. The van der Waals surface area contributed by atoms with Gasteiger partial charge < -0.3 is 10.2 Å². The smallest absolute Gasteiger partial charge is 0.225 e. The minimum Gasteiger partial charge on any atom is -0.352 e. The number of rotatable bonds is 5. The Balaban J connectivity index is 1.99. The Morgan fingerprint density at radius 3 is 3.05 bits per heavy atom. The zero-order chi connectivity index (χ0) is 15.2. The maximum absolute atomic E-state index is 13.2. The Labute approximate surface area is 123 Å². The molecule has 112 valence electrons. The number of likely N-dealkylation sites (tertiary alicyclic amines) is 1. The van der Waals surface area contributed by atoms with Crippen molar-refractivity contribution in [1.29, 1.82) is 0 Å². The van der Waals surface area contributed by atoms with Crippen molar-refractivity contribution in [2.75, 3.05) is 13.1 Å². The van der Waals surface area contributed by atoms with Crippen molar-refractivity contribution < 1.29 is 14.0 Å². The number of piperidine rings is 1. The van der Waals surface area contributed by atoms with Crippen LogP contribution in [0.2, 0.25) is 0 Å². The van der Waals surface area contributed by atoms with Crippen molar-refractivity contribution in [3.8, 4) is 0 Å². The summed E-state index contributed by atoms with van der Waals surface area (Å²) in [5.74, 6) is -0.591. The van der Waals surface area contributed by atoms with Crippen LogP contribution in [0.1, 0.15) is 18.4 Å². The van der Waals surface area contributed by atoms with Crippen LogP contribution in [-0.2, 0) is 16.1 Å². The van der Waals surface area contributed by atoms with Gasteiger partial charge in [-0.25, -0.2) is 4.39 Å². The van der Waals surface area contributed by atoms with E-state index in [0.29, 0.717) is 32.5 Å². The lowest BCUT2D eigenvalue weighted by molar-refractivity contribution is -0.138. The SMILES string of the molecule is C=CCNC(=O)[C@H]1CCC(=O)N(Cc2cccc(F)c2)C1. The summed E-state index contributed by atoms with van der Waals surface area (Å²) in [6.45, 7) is 4.69. The first kappa shape index (κ1) is 15.2. The third-order valence-corrected chi connectivity index (χ3v) is 3.55. The molecule has 1 aromatic carbocycles. The highest BCUT2D eigenvalue weighted by Crippen LogP contribution is 2.20. The number of hydrogen-bond donors (Lipinski definition) is 1. The quantitative estimate of drug-likeness (QED) is 0.842. The monoisotopic (exact) mass is 290 g/mol. The van der Waals surface area contributed by atoms with Crippen LogP contribution in [0.15, 0.2) is 36.9 Å². The second kappa shape index (κ2) is 7.02. The van der Waals surface area contributed by atoms with Gasteiger partial charge in [0.2, 0.25) is 11.8 Å². The fourth-order valence-electron chi connectivity index (χ4n) is 2.45. The minimum atomic E-state index is -0.322. The fraction of sp³-hybridized carbons (Fsp3) is 0.375. The van der Waals surface area contributed by atoms with Crippen LogP contribution in [-0.4, -0.2) is 29.8 Å². The van der Waals surface area contributed by atoms with E-state index in [-0.39, 0.29) is 23.5 Å². The normalized spacial score (nSPS) is 18.4. The molecular weight excluding hydrogens is 271 g/mol. The molecule has 0 aromatic heterocycles. The molecule has 4 nitrogen and oxygen atoms in total. The highest BCUT2D eigenvalue weighted by atomic mass is 19.1. The molecule has 5 heteroatoms. The molecule has 1 aliphatic heterocycles. The molecule has 1 atom stereocenters. The molecule has 1 fully saturated rings. The molecule has 1 aromatic rings. The van der Waals surface area contributed by atoms with Gasteiger partial charge in [0, 0.05) is 26.1 Å². The Bertz CT molecular complexity index is 545. The molecule has 2 amide bonds. The molecule has 1 saturated heterocycles. The third kappa shape index (κ3) is 4.15. The number of amides is 2. The van der Waals surface area contributed by atoms with E-state index in [4.69, 9.17) is 0 Å². The first-order valence-corrected chi connectivity index (χ1v) is 7.01. The molecule has 0 bridgehead atoms. The van der Waals surface area contributed by atoms with Gasteiger partial charge in [-0.05, 0) is 24.1 Å². The third-order valence-electron chi connectivity index (χ3n) is 3.55. The van der Waals surface area contributed by atoms with Gasteiger partial charge in [-0.3, -0.25) is 9.59 Å². The lowest BCUT2D eigenvalue weighted by atomic mass is 9.96. The highest BCUT2D eigenvalue weighted by Gasteiger charge is 2.29. The van der Waals surface area contributed by atoms with E-state index in [0.717, 1.165) is 5.56 Å². The number of hydrogen-bond acceptors (Lipinski definition) is 2. The number of carbonyl (C=O) groups is 2. The summed E-state index contributed by atoms with van der Waals surface area (Å²) >= 11 is 0. The van der Waals surface area contributed by atoms with Crippen LogP contribution >= 0.6 is 0 Å². The van der Waals surface area contributed by atoms with Crippen LogP contribution in [0.4, 0.5) is 4.39 Å². The van der Waals surface area contributed by atoms with Crippen LogP contribution in [0, 0.1) is 11.7 Å². The van der Waals surface area contributed by atoms with E-state index in [1.54, 1.807) is 23.1 Å². The Hall–Kier alpha value is -2.17. The Morgan fingerprint density at radius 1 is 1.52 bits per heavy atom. The lowest BCUT2D eigenvalue weighted by Gasteiger charge is -2.32. The molecule has 0 saturated carbocycles. The minimum absolute atomic E-state index is 0.00651. The average Bonchev–Trinajstić information content (AvgIpc) is 2.47. The van der Waals surface area contributed by atoms with E-state index in [9.17, 15) is 14.0 Å². The second-order valence-electron chi connectivity index (χ2n) is 5.17. The summed E-state index contributed by atoms with van der Waals surface area (Å²) in [4.78, 5) is 25.5. The summed E-state index contributed by atoms with van der Waals surface area (Å²) in [5.41, 5.74) is 0.732. The van der Waals surface area contributed by atoms with Gasteiger partial charge in [0.05, 0.1) is 5.92 Å². The maximum atomic E-state index is 13.2. The molecule has 0 radical (unpaired) electrons. The van der Waals surface area contributed by atoms with Crippen molar-refractivity contribution in [2.45, 2.75) is 19.4 Å². The number of halogens is 1. The van der Waals surface area contributed by atoms with Gasteiger partial charge in [0.15, 0.2) is 0 Å². The average molecular weight is 290 g/mol. The van der Waals surface area contributed by atoms with E-state index < -0.39 is 0 Å². The summed E-state index contributed by atoms with van der Waals surface area (Å²) < 4.78 is 13.2. The summed E-state index contributed by atoms with van der Waals surface area (Å²) in [6.07, 6.45) is 2.53. The molecule has 1 heterocycles. The molecule has 1 aliphatic rings. The van der Waals surface area contributed by atoms with Gasteiger partial charge in [-0.1, -0.05) is 18.2 Å². The predicted molar refractivity (Wildman–Crippen MR) is 77.7 cm³/mol. The van der Waals surface area contributed by atoms with Crippen LogP contribution in [0.25, 0.3) is 0 Å². The largest absolute Gasteiger partial charge is 0.352 e. The van der Waals surface area contributed by atoms with Gasteiger partial charge in [0.1, 0.15) is 5.82 Å².